The first-order chi connectivity index (χ1) is 11.3. The molecule has 1 N–H and O–H groups in total. The number of hydrogen-bond acceptors (Lipinski definition) is 3. The molecule has 3 nitrogen and oxygen atoms in total. The smallest absolute Gasteiger partial charge is 0.126 e. The molecule has 1 saturated heterocycles. The minimum Gasteiger partial charge on any atom is -0.496 e. The van der Waals surface area contributed by atoms with Gasteiger partial charge in [0.25, 0.3) is 0 Å². The molecule has 0 amide bonds. The third-order valence-corrected chi connectivity index (χ3v) is 5.18. The predicted octanol–water partition coefficient (Wildman–Crippen LogP) is 4.68. The second-order valence-corrected chi connectivity index (χ2v) is 6.52. The molecule has 1 aliphatic heterocycles. The molecule has 1 heterocycles. The van der Waals surface area contributed by atoms with E-state index in [0.717, 1.165) is 31.9 Å². The van der Waals surface area contributed by atoms with Crippen LogP contribution in [0.2, 0.25) is 0 Å². The maximum absolute atomic E-state index is 5.57. The van der Waals surface area contributed by atoms with Crippen LogP contribution in [0, 0.1) is 5.92 Å². The van der Waals surface area contributed by atoms with Crippen LogP contribution in [0.3, 0.4) is 0 Å². The van der Waals surface area contributed by atoms with Crippen LogP contribution < -0.4 is 10.1 Å². The summed E-state index contributed by atoms with van der Waals surface area (Å²) in [6.07, 6.45) is 1.19. The molecule has 1 unspecified atom stereocenters. The van der Waals surface area contributed by atoms with Gasteiger partial charge in [-0.2, -0.15) is 0 Å². The average molecular weight is 385 g/mol. The number of nitrogens with zero attached hydrogens (tertiary/aromatic N) is 1. The van der Waals surface area contributed by atoms with Crippen LogP contribution in [0.15, 0.2) is 36.4 Å². The van der Waals surface area contributed by atoms with Gasteiger partial charge >= 0.3 is 0 Å². The largest absolute Gasteiger partial charge is 0.496 e. The van der Waals surface area contributed by atoms with E-state index in [1.54, 1.807) is 7.11 Å². The standard InChI is InChI=1S/C20H28N2O.2ClH/c1-4-15(2)20(22-13-11-21-12-14-22)18-9-10-19(23-3)17-8-6-5-7-16(17)18;;/h5-10,15,20-21H,4,11-14H2,1-3H3;2*1H/t15?,20-;;/m0../s1. The summed E-state index contributed by atoms with van der Waals surface area (Å²) >= 11 is 0. The molecule has 3 rings (SSSR count). The Morgan fingerprint density at radius 2 is 1.68 bits per heavy atom. The first kappa shape index (κ1) is 22.0. The molecular weight excluding hydrogens is 355 g/mol. The van der Waals surface area contributed by atoms with Crippen molar-refractivity contribution in [3.63, 3.8) is 0 Å². The lowest BCUT2D eigenvalue weighted by Crippen LogP contribution is -2.46. The molecule has 0 aromatic heterocycles. The topological polar surface area (TPSA) is 24.5 Å². The van der Waals surface area contributed by atoms with Crippen LogP contribution >= 0.6 is 24.8 Å². The summed E-state index contributed by atoms with van der Waals surface area (Å²) in [7, 11) is 1.75. The molecule has 0 saturated carbocycles. The molecule has 0 spiro atoms. The van der Waals surface area contributed by atoms with E-state index in [1.165, 1.54) is 22.8 Å². The first-order valence-corrected chi connectivity index (χ1v) is 8.76. The Morgan fingerprint density at radius 3 is 2.28 bits per heavy atom. The van der Waals surface area contributed by atoms with Gasteiger partial charge in [-0.1, -0.05) is 50.6 Å². The molecule has 2 aromatic rings. The summed E-state index contributed by atoms with van der Waals surface area (Å²) in [5.74, 6) is 1.59. The summed E-state index contributed by atoms with van der Waals surface area (Å²) in [5, 5.41) is 6.02. The maximum atomic E-state index is 5.57. The zero-order valence-electron chi connectivity index (χ0n) is 15.3. The number of benzene rings is 2. The van der Waals surface area contributed by atoms with E-state index in [9.17, 15) is 0 Å². The van der Waals surface area contributed by atoms with Crippen molar-refractivity contribution < 1.29 is 4.74 Å². The van der Waals surface area contributed by atoms with Crippen LogP contribution in [0.25, 0.3) is 10.8 Å². The van der Waals surface area contributed by atoms with E-state index in [2.05, 4.69) is 60.5 Å². The number of nitrogens with one attached hydrogen (secondary N) is 1. The van der Waals surface area contributed by atoms with Crippen LogP contribution in [-0.2, 0) is 0 Å². The van der Waals surface area contributed by atoms with Gasteiger partial charge in [-0.3, -0.25) is 4.90 Å². The molecule has 1 aliphatic rings. The van der Waals surface area contributed by atoms with Crippen molar-refractivity contribution in [2.45, 2.75) is 26.3 Å². The van der Waals surface area contributed by atoms with Crippen LogP contribution in [-0.4, -0.2) is 38.2 Å². The van der Waals surface area contributed by atoms with E-state index < -0.39 is 0 Å². The van der Waals surface area contributed by atoms with Crippen molar-refractivity contribution >= 4 is 35.6 Å². The number of piperazine rings is 1. The first-order valence-electron chi connectivity index (χ1n) is 8.76. The molecule has 140 valence electrons. The fraction of sp³-hybridized carbons (Fsp3) is 0.500. The fourth-order valence-corrected chi connectivity index (χ4v) is 3.78. The summed E-state index contributed by atoms with van der Waals surface area (Å²) in [6, 6.07) is 13.5. The highest BCUT2D eigenvalue weighted by molar-refractivity contribution is 5.91. The van der Waals surface area contributed by atoms with Gasteiger partial charge in [-0.25, -0.2) is 0 Å². The zero-order valence-corrected chi connectivity index (χ0v) is 17.0. The molecule has 2 aromatic carbocycles. The lowest BCUT2D eigenvalue weighted by molar-refractivity contribution is 0.129. The van der Waals surface area contributed by atoms with Gasteiger partial charge in [0.05, 0.1) is 7.11 Å². The number of halogens is 2. The van der Waals surface area contributed by atoms with Crippen molar-refractivity contribution in [3.8, 4) is 5.75 Å². The highest BCUT2D eigenvalue weighted by Crippen LogP contribution is 2.38. The highest BCUT2D eigenvalue weighted by Gasteiger charge is 2.28. The summed E-state index contributed by atoms with van der Waals surface area (Å²) in [6.45, 7) is 9.09. The quantitative estimate of drug-likeness (QED) is 0.809. The van der Waals surface area contributed by atoms with Gasteiger partial charge in [0, 0.05) is 37.6 Å². The summed E-state index contributed by atoms with van der Waals surface area (Å²) in [4.78, 5) is 2.65. The number of fused-ring (bicyclic) bond motifs is 1. The van der Waals surface area contributed by atoms with Crippen LogP contribution in [0.4, 0.5) is 0 Å². The third-order valence-electron chi connectivity index (χ3n) is 5.18. The molecule has 2 atom stereocenters. The van der Waals surface area contributed by atoms with E-state index in [4.69, 9.17) is 4.74 Å². The van der Waals surface area contributed by atoms with Gasteiger partial charge in [-0.05, 0) is 22.9 Å². The molecule has 1 fully saturated rings. The summed E-state index contributed by atoms with van der Waals surface area (Å²) < 4.78 is 5.57. The van der Waals surface area contributed by atoms with Crippen LogP contribution in [0.5, 0.6) is 5.75 Å². The second kappa shape index (κ2) is 10.2. The zero-order chi connectivity index (χ0) is 16.2. The lowest BCUT2D eigenvalue weighted by atomic mass is 9.87. The number of hydrogen-bond donors (Lipinski definition) is 1. The van der Waals surface area contributed by atoms with Crippen molar-refractivity contribution in [1.29, 1.82) is 0 Å². The molecular formula is C20H30Cl2N2O. The Morgan fingerprint density at radius 1 is 1.04 bits per heavy atom. The fourth-order valence-electron chi connectivity index (χ4n) is 3.78. The number of methoxy groups -OCH3 is 1. The monoisotopic (exact) mass is 384 g/mol. The van der Waals surface area contributed by atoms with Gasteiger partial charge in [-0.15, -0.1) is 24.8 Å². The minimum atomic E-state index is 0. The lowest BCUT2D eigenvalue weighted by Gasteiger charge is -2.39. The number of rotatable bonds is 5. The van der Waals surface area contributed by atoms with E-state index in [1.807, 2.05) is 0 Å². The number of ether oxygens (including phenoxy) is 1. The van der Waals surface area contributed by atoms with Gasteiger partial charge in [0.2, 0.25) is 0 Å². The molecule has 0 bridgehead atoms. The molecule has 5 heteroatoms. The van der Waals surface area contributed by atoms with Crippen molar-refractivity contribution in [1.82, 2.24) is 10.2 Å². The SMILES string of the molecule is CCC(C)[C@@H](c1ccc(OC)c2ccccc12)N1CCNCC1.Cl.Cl. The van der Waals surface area contributed by atoms with E-state index >= 15 is 0 Å². The summed E-state index contributed by atoms with van der Waals surface area (Å²) in [5.41, 5.74) is 1.44. The van der Waals surface area contributed by atoms with Gasteiger partial charge in [0.15, 0.2) is 0 Å². The van der Waals surface area contributed by atoms with Crippen molar-refractivity contribution in [2.75, 3.05) is 33.3 Å². The van der Waals surface area contributed by atoms with Crippen LogP contribution in [0.1, 0.15) is 31.9 Å². The van der Waals surface area contributed by atoms with Crippen molar-refractivity contribution in [3.05, 3.63) is 42.0 Å². The third kappa shape index (κ3) is 4.59. The predicted molar refractivity (Wildman–Crippen MR) is 112 cm³/mol. The highest BCUT2D eigenvalue weighted by atomic mass is 35.5. The molecule has 0 aliphatic carbocycles. The molecule has 25 heavy (non-hydrogen) atoms. The van der Waals surface area contributed by atoms with E-state index in [0.29, 0.717) is 12.0 Å². The normalized spacial score (nSPS) is 17.2. The second-order valence-electron chi connectivity index (χ2n) is 6.52. The van der Waals surface area contributed by atoms with Crippen molar-refractivity contribution in [2.24, 2.45) is 5.92 Å². The van der Waals surface area contributed by atoms with E-state index in [-0.39, 0.29) is 24.8 Å². The Bertz CT molecular complexity index is 659. The Balaban J connectivity index is 0.00000156. The van der Waals surface area contributed by atoms with Gasteiger partial charge < -0.3 is 10.1 Å². The Kier molecular flexibility index (Phi) is 9.01. The van der Waals surface area contributed by atoms with Gasteiger partial charge in [0.1, 0.15) is 5.75 Å². The molecule has 0 radical (unpaired) electrons. The Hall–Kier alpha value is -1.000. The average Bonchev–Trinajstić information content (AvgIpc) is 2.62. The maximum Gasteiger partial charge on any atom is 0.126 e. The Labute approximate surface area is 163 Å². The minimum absolute atomic E-state index is 0.